The fourth-order valence-corrected chi connectivity index (χ4v) is 9.04. The van der Waals surface area contributed by atoms with Crippen molar-refractivity contribution in [2.45, 2.75) is 111 Å². The van der Waals surface area contributed by atoms with Crippen LogP contribution < -0.4 is 30.7 Å². The first-order valence-electron chi connectivity index (χ1n) is 21.5. The van der Waals surface area contributed by atoms with Gasteiger partial charge in [-0.2, -0.15) is 5.26 Å². The van der Waals surface area contributed by atoms with Gasteiger partial charge in [-0.3, -0.25) is 19.2 Å². The number of nitriles is 1. The molecule has 4 N–H and O–H groups in total. The number of carbonyl (C=O) groups excluding carboxylic acids is 4. The molecule has 3 aromatic rings. The Morgan fingerprint density at radius 3 is 2.24 bits per heavy atom. The van der Waals surface area contributed by atoms with Crippen LogP contribution in [0, 0.1) is 27.6 Å². The molecule has 0 spiro atoms. The predicted molar refractivity (Wildman–Crippen MR) is 240 cm³/mol. The third-order valence-electron chi connectivity index (χ3n) is 12.0. The molecule has 0 radical (unpaired) electrons. The maximum Gasteiger partial charge on any atom is 0.251 e. The Labute approximate surface area is 371 Å². The number of likely N-dealkylation sites (tertiary alicyclic amines) is 1. The molecule has 1 saturated heterocycles. The highest BCUT2D eigenvalue weighted by atomic mass is 35.5. The number of methoxy groups -OCH3 is 1. The molecule has 0 aromatic heterocycles. The van der Waals surface area contributed by atoms with E-state index in [1.165, 1.54) is 0 Å². The van der Waals surface area contributed by atoms with E-state index in [9.17, 15) is 24.4 Å². The molecule has 1 unspecified atom stereocenters. The monoisotopic (exact) mass is 870 g/mol. The molecule has 3 aromatic carbocycles. The van der Waals surface area contributed by atoms with Crippen LogP contribution in [0.5, 0.6) is 11.5 Å². The molecule has 0 bridgehead atoms. The number of carbonyl (C=O) groups is 4. The molecule has 334 valence electrons. The molecule has 2 fully saturated rings. The molecular weight excluding hydrogens is 808 g/mol. The second-order valence-corrected chi connectivity index (χ2v) is 18.9. The van der Waals surface area contributed by atoms with E-state index in [4.69, 9.17) is 25.8 Å². The highest BCUT2D eigenvalue weighted by molar-refractivity contribution is 6.31. The molecule has 1 saturated carbocycles. The quantitative estimate of drug-likeness (QED) is 0.0905. The zero-order chi connectivity index (χ0) is 45.2. The summed E-state index contributed by atoms with van der Waals surface area (Å²) in [5.74, 6) is 0.308. The second-order valence-electron chi connectivity index (χ2n) is 18.5. The molecule has 1 aliphatic carbocycles. The average molecular weight is 872 g/mol. The lowest BCUT2D eigenvalue weighted by Gasteiger charge is -2.63. The number of amides is 4. The standard InChI is InChI=1S/C48H63ClN6O7/c1-46(2,3)40(43(59)55-25-12-13-38(55)42(58)52-29-31-14-21-35(60-8)22-15-31)53-39(56)30-61-26-11-9-10-24-51-34-19-16-32(17-20-34)41(57)54-44-47(4,5)45(48(44,6)7)62-36-23-18-33(28-50)37(49)27-36/h14-23,27,38,40,44-45,51H,9-13,24-26,29-30H2,1-8H3,(H,52,58)(H,53,56)(H,54,57)/t38-,40?,44-,45-/m0/s1. The Kier molecular flexibility index (Phi) is 15.9. The molecule has 4 amide bonds. The molecule has 14 heteroatoms. The number of anilines is 1. The number of hydrogen-bond donors (Lipinski definition) is 4. The van der Waals surface area contributed by atoms with Gasteiger partial charge in [-0.05, 0) is 91.6 Å². The van der Waals surface area contributed by atoms with Gasteiger partial charge in [0.05, 0.1) is 17.7 Å². The van der Waals surface area contributed by atoms with E-state index in [-0.39, 0.29) is 53.2 Å². The van der Waals surface area contributed by atoms with Crippen LogP contribution in [0.1, 0.15) is 102 Å². The van der Waals surface area contributed by atoms with E-state index in [1.807, 2.05) is 69.3 Å². The molecule has 1 aliphatic heterocycles. The van der Waals surface area contributed by atoms with Gasteiger partial charge in [0.2, 0.25) is 17.7 Å². The summed E-state index contributed by atoms with van der Waals surface area (Å²) >= 11 is 6.23. The Bertz CT molecular complexity index is 2060. The number of nitrogens with one attached hydrogen (secondary N) is 4. The number of halogens is 1. The Morgan fingerprint density at radius 1 is 0.935 bits per heavy atom. The van der Waals surface area contributed by atoms with Gasteiger partial charge in [0, 0.05) is 60.4 Å². The topological polar surface area (TPSA) is 171 Å². The van der Waals surface area contributed by atoms with Crippen molar-refractivity contribution in [1.29, 1.82) is 5.26 Å². The third kappa shape index (κ3) is 11.8. The Morgan fingerprint density at radius 2 is 1.61 bits per heavy atom. The summed E-state index contributed by atoms with van der Waals surface area (Å²) in [6.45, 7) is 15.7. The lowest BCUT2D eigenvalue weighted by molar-refractivity contribution is -0.164. The Hall–Kier alpha value is -5.32. The number of nitrogens with zero attached hydrogens (tertiary/aromatic N) is 2. The maximum atomic E-state index is 13.8. The number of unbranched alkanes of at least 4 members (excludes halogenated alkanes) is 2. The van der Waals surface area contributed by atoms with E-state index >= 15 is 0 Å². The van der Waals surface area contributed by atoms with Gasteiger partial charge in [-0.1, -0.05) is 72.2 Å². The summed E-state index contributed by atoms with van der Waals surface area (Å²) in [6.07, 6.45) is 3.60. The van der Waals surface area contributed by atoms with Crippen molar-refractivity contribution in [3.8, 4) is 17.6 Å². The Balaban J connectivity index is 0.979. The molecule has 1 heterocycles. The van der Waals surface area contributed by atoms with Crippen molar-refractivity contribution >= 4 is 40.9 Å². The minimum Gasteiger partial charge on any atom is -0.497 e. The lowest BCUT2D eigenvalue weighted by atomic mass is 9.49. The highest BCUT2D eigenvalue weighted by Crippen LogP contribution is 2.55. The summed E-state index contributed by atoms with van der Waals surface area (Å²) in [6, 6.07) is 20.4. The van der Waals surface area contributed by atoms with Crippen molar-refractivity contribution in [1.82, 2.24) is 20.9 Å². The molecular formula is C48H63ClN6O7. The van der Waals surface area contributed by atoms with Crippen molar-refractivity contribution in [2.75, 3.05) is 38.7 Å². The lowest BCUT2D eigenvalue weighted by Crippen LogP contribution is -2.74. The molecule has 62 heavy (non-hydrogen) atoms. The third-order valence-corrected chi connectivity index (χ3v) is 12.3. The van der Waals surface area contributed by atoms with Crippen molar-refractivity contribution in [2.24, 2.45) is 16.2 Å². The van der Waals surface area contributed by atoms with Gasteiger partial charge in [0.1, 0.15) is 42.4 Å². The molecule has 13 nitrogen and oxygen atoms in total. The first-order valence-corrected chi connectivity index (χ1v) is 21.8. The summed E-state index contributed by atoms with van der Waals surface area (Å²) in [5, 5.41) is 22.0. The smallest absolute Gasteiger partial charge is 0.251 e. The normalized spacial score (nSPS) is 19.3. The molecule has 2 aliphatic rings. The molecule has 5 rings (SSSR count). The van der Waals surface area contributed by atoms with Crippen LogP contribution in [-0.4, -0.2) is 86.2 Å². The number of ether oxygens (including phenoxy) is 3. The van der Waals surface area contributed by atoms with E-state index < -0.39 is 17.5 Å². The van der Waals surface area contributed by atoms with Crippen molar-refractivity contribution in [3.05, 3.63) is 88.4 Å². The van der Waals surface area contributed by atoms with Gasteiger partial charge >= 0.3 is 0 Å². The van der Waals surface area contributed by atoms with Gasteiger partial charge in [-0.15, -0.1) is 0 Å². The van der Waals surface area contributed by atoms with Crippen LogP contribution in [0.2, 0.25) is 5.02 Å². The van der Waals surface area contributed by atoms with Crippen LogP contribution in [0.15, 0.2) is 66.7 Å². The number of benzene rings is 3. The summed E-state index contributed by atoms with van der Waals surface area (Å²) in [4.78, 5) is 54.9. The maximum absolute atomic E-state index is 13.8. The number of hydrogen-bond acceptors (Lipinski definition) is 9. The summed E-state index contributed by atoms with van der Waals surface area (Å²) in [7, 11) is 1.60. The minimum atomic E-state index is -0.819. The molecule has 2 atom stereocenters. The highest BCUT2D eigenvalue weighted by Gasteiger charge is 2.64. The first-order chi connectivity index (χ1) is 29.4. The van der Waals surface area contributed by atoms with Crippen LogP contribution in [0.4, 0.5) is 5.69 Å². The summed E-state index contributed by atoms with van der Waals surface area (Å²) in [5.41, 5.74) is 1.46. The fraction of sp³-hybridized carbons (Fsp3) is 0.521. The SMILES string of the molecule is COc1ccc(CNC(=O)[C@@H]2CCCN2C(=O)C(NC(=O)COCCCCCNc2ccc(C(=O)N[C@H]3C(C)(C)[C@H](Oc4ccc(C#N)c(Cl)c4)C3(C)C)cc2)C(C)(C)C)cc1. The van der Waals surface area contributed by atoms with Gasteiger partial charge in [0.25, 0.3) is 5.91 Å². The zero-order valence-electron chi connectivity index (χ0n) is 37.4. The van der Waals surface area contributed by atoms with E-state index in [1.54, 1.807) is 30.2 Å². The van der Waals surface area contributed by atoms with Crippen LogP contribution in [0.25, 0.3) is 0 Å². The first kappa shape index (κ1) is 47.7. The fourth-order valence-electron chi connectivity index (χ4n) is 8.82. The van der Waals surface area contributed by atoms with E-state index in [0.29, 0.717) is 54.4 Å². The van der Waals surface area contributed by atoms with Crippen molar-refractivity contribution < 1.29 is 33.4 Å². The van der Waals surface area contributed by atoms with Gasteiger partial charge in [-0.25, -0.2) is 0 Å². The van der Waals surface area contributed by atoms with Crippen molar-refractivity contribution in [3.63, 3.8) is 0 Å². The van der Waals surface area contributed by atoms with Gasteiger partial charge < -0.3 is 40.4 Å². The zero-order valence-corrected chi connectivity index (χ0v) is 38.1. The summed E-state index contributed by atoms with van der Waals surface area (Å²) < 4.78 is 17.2. The van der Waals surface area contributed by atoms with Gasteiger partial charge in [0.15, 0.2) is 0 Å². The van der Waals surface area contributed by atoms with Crippen LogP contribution in [-0.2, 0) is 25.7 Å². The van der Waals surface area contributed by atoms with E-state index in [2.05, 4.69) is 55.0 Å². The second kappa shape index (κ2) is 20.7. The minimum absolute atomic E-state index is 0.145. The number of rotatable bonds is 19. The van der Waals surface area contributed by atoms with Crippen LogP contribution in [0.3, 0.4) is 0 Å². The van der Waals surface area contributed by atoms with Crippen LogP contribution >= 0.6 is 11.6 Å². The predicted octanol–water partition coefficient (Wildman–Crippen LogP) is 7.27. The largest absolute Gasteiger partial charge is 0.497 e. The van der Waals surface area contributed by atoms with E-state index in [0.717, 1.165) is 42.8 Å². The average Bonchev–Trinajstić information content (AvgIpc) is 3.74.